The summed E-state index contributed by atoms with van der Waals surface area (Å²) in [6.45, 7) is 6.49. The minimum absolute atomic E-state index is 0.0576. The Labute approximate surface area is 392 Å². The van der Waals surface area contributed by atoms with E-state index in [0.29, 0.717) is 19.3 Å². The SMILES string of the molecule is CCCCCCCC/C=C\CCCC(CC(=O)NC(CO)C(O)CCCCCCCCCCCCCCCCC)OC(=O)CCCCCCC/C=C/CCCCCCCCCCC. The summed E-state index contributed by atoms with van der Waals surface area (Å²) in [5.41, 5.74) is 0. The first kappa shape index (κ1) is 61.3. The van der Waals surface area contributed by atoms with Crippen LogP contribution in [-0.2, 0) is 14.3 Å². The Bertz CT molecular complexity index is 997. The van der Waals surface area contributed by atoms with Gasteiger partial charge in [-0.15, -0.1) is 0 Å². The second-order valence-corrected chi connectivity index (χ2v) is 19.3. The summed E-state index contributed by atoms with van der Waals surface area (Å²) in [5.74, 6) is -0.499. The number of amides is 1. The zero-order valence-electron chi connectivity index (χ0n) is 42.5. The summed E-state index contributed by atoms with van der Waals surface area (Å²) in [7, 11) is 0. The number of allylic oxidation sites excluding steroid dienone is 4. The standard InChI is InChI=1S/C57H109NO5/c1-4-7-10-13-16-19-22-24-26-27-28-30-32-35-38-41-44-47-50-57(62)63-53(48-45-42-39-36-33-21-18-15-12-9-6-3)51-56(61)58-54(52-59)55(60)49-46-43-40-37-34-31-29-25-23-20-17-14-11-8-5-2/h28,30,36,39,53-55,59-60H,4-27,29,31-35,37-38,40-52H2,1-3H3,(H,58,61)/b30-28+,39-36-. The van der Waals surface area contributed by atoms with Crippen LogP contribution in [0.3, 0.4) is 0 Å². The van der Waals surface area contributed by atoms with Crippen LogP contribution in [0.2, 0.25) is 0 Å². The third-order valence-electron chi connectivity index (χ3n) is 13.0. The minimum Gasteiger partial charge on any atom is -0.462 e. The van der Waals surface area contributed by atoms with E-state index in [1.807, 2.05) is 0 Å². The summed E-state index contributed by atoms with van der Waals surface area (Å²) >= 11 is 0. The van der Waals surface area contributed by atoms with Gasteiger partial charge in [0.05, 0.1) is 25.2 Å². The van der Waals surface area contributed by atoms with E-state index in [2.05, 4.69) is 50.4 Å². The first-order chi connectivity index (χ1) is 31.0. The van der Waals surface area contributed by atoms with Gasteiger partial charge in [0.15, 0.2) is 0 Å². The number of carbonyl (C=O) groups is 2. The Morgan fingerprint density at radius 1 is 0.444 bits per heavy atom. The molecule has 0 spiro atoms. The lowest BCUT2D eigenvalue weighted by molar-refractivity contribution is -0.151. The summed E-state index contributed by atoms with van der Waals surface area (Å²) in [6.07, 6.45) is 59.6. The highest BCUT2D eigenvalue weighted by molar-refractivity contribution is 5.77. The molecule has 0 saturated carbocycles. The van der Waals surface area contributed by atoms with Gasteiger partial charge in [-0.2, -0.15) is 0 Å². The normalized spacial score (nSPS) is 13.3. The number of nitrogens with one attached hydrogen (secondary N) is 1. The van der Waals surface area contributed by atoms with Gasteiger partial charge >= 0.3 is 5.97 Å². The third kappa shape index (κ3) is 46.7. The fourth-order valence-corrected chi connectivity index (χ4v) is 8.72. The molecule has 63 heavy (non-hydrogen) atoms. The number of unbranched alkanes of at least 4 members (excludes halogenated alkanes) is 35. The van der Waals surface area contributed by atoms with Crippen molar-refractivity contribution in [2.45, 2.75) is 322 Å². The van der Waals surface area contributed by atoms with Crippen LogP contribution in [0.15, 0.2) is 24.3 Å². The monoisotopic (exact) mass is 888 g/mol. The maximum atomic E-state index is 13.2. The van der Waals surface area contributed by atoms with E-state index >= 15 is 0 Å². The van der Waals surface area contributed by atoms with Crippen molar-refractivity contribution < 1.29 is 24.5 Å². The van der Waals surface area contributed by atoms with E-state index in [1.54, 1.807) is 0 Å². The Morgan fingerprint density at radius 3 is 1.16 bits per heavy atom. The molecule has 0 aromatic rings. The van der Waals surface area contributed by atoms with E-state index in [0.717, 1.165) is 57.8 Å². The first-order valence-electron chi connectivity index (χ1n) is 28.1. The molecule has 0 aromatic heterocycles. The highest BCUT2D eigenvalue weighted by Crippen LogP contribution is 2.18. The van der Waals surface area contributed by atoms with Crippen molar-refractivity contribution in [3.8, 4) is 0 Å². The summed E-state index contributed by atoms with van der Waals surface area (Å²) in [6, 6.07) is -0.708. The number of aliphatic hydroxyl groups is 2. The van der Waals surface area contributed by atoms with E-state index in [4.69, 9.17) is 4.74 Å². The fraction of sp³-hybridized carbons (Fsp3) is 0.895. The molecule has 0 aliphatic heterocycles. The Hall–Kier alpha value is -1.66. The second-order valence-electron chi connectivity index (χ2n) is 19.3. The Morgan fingerprint density at radius 2 is 0.778 bits per heavy atom. The fourth-order valence-electron chi connectivity index (χ4n) is 8.72. The van der Waals surface area contributed by atoms with Crippen LogP contribution >= 0.6 is 0 Å². The molecule has 0 aliphatic carbocycles. The van der Waals surface area contributed by atoms with Gasteiger partial charge in [-0.05, 0) is 70.6 Å². The van der Waals surface area contributed by atoms with Crippen molar-refractivity contribution in [3.05, 3.63) is 24.3 Å². The Kier molecular flexibility index (Phi) is 50.0. The number of aliphatic hydroxyl groups excluding tert-OH is 2. The third-order valence-corrected chi connectivity index (χ3v) is 13.0. The van der Waals surface area contributed by atoms with Crippen LogP contribution in [-0.4, -0.2) is 46.9 Å². The van der Waals surface area contributed by atoms with Gasteiger partial charge in [-0.25, -0.2) is 0 Å². The summed E-state index contributed by atoms with van der Waals surface area (Å²) in [4.78, 5) is 26.2. The lowest BCUT2D eigenvalue weighted by Gasteiger charge is -2.24. The van der Waals surface area contributed by atoms with Crippen LogP contribution < -0.4 is 5.32 Å². The lowest BCUT2D eigenvalue weighted by atomic mass is 10.0. The summed E-state index contributed by atoms with van der Waals surface area (Å²) in [5, 5.41) is 23.8. The van der Waals surface area contributed by atoms with Gasteiger partial charge in [0.2, 0.25) is 5.91 Å². The second kappa shape index (κ2) is 51.3. The maximum absolute atomic E-state index is 13.2. The predicted octanol–water partition coefficient (Wildman–Crippen LogP) is 17.1. The van der Waals surface area contributed by atoms with Crippen molar-refractivity contribution >= 4 is 11.9 Å². The van der Waals surface area contributed by atoms with E-state index in [1.165, 1.54) is 199 Å². The maximum Gasteiger partial charge on any atom is 0.306 e. The summed E-state index contributed by atoms with van der Waals surface area (Å²) < 4.78 is 5.92. The van der Waals surface area contributed by atoms with Crippen molar-refractivity contribution in [2.75, 3.05) is 6.61 Å². The minimum atomic E-state index is -0.792. The molecule has 0 aliphatic rings. The smallest absolute Gasteiger partial charge is 0.306 e. The number of ether oxygens (including phenoxy) is 1. The molecule has 3 N–H and O–H groups in total. The topological polar surface area (TPSA) is 95.9 Å². The molecule has 0 rings (SSSR count). The highest BCUT2D eigenvalue weighted by atomic mass is 16.5. The van der Waals surface area contributed by atoms with E-state index < -0.39 is 18.2 Å². The van der Waals surface area contributed by atoms with Crippen LogP contribution in [0.4, 0.5) is 0 Å². The zero-order chi connectivity index (χ0) is 45.9. The highest BCUT2D eigenvalue weighted by Gasteiger charge is 2.24. The number of esters is 1. The van der Waals surface area contributed by atoms with Crippen LogP contribution in [0.1, 0.15) is 303 Å². The molecular weight excluding hydrogens is 779 g/mol. The molecule has 0 saturated heterocycles. The van der Waals surface area contributed by atoms with Crippen LogP contribution in [0, 0.1) is 0 Å². The van der Waals surface area contributed by atoms with Gasteiger partial charge in [0.1, 0.15) is 6.10 Å². The number of rotatable bonds is 51. The molecule has 6 nitrogen and oxygen atoms in total. The molecule has 1 amide bonds. The molecule has 0 aromatic carbocycles. The average molecular weight is 889 g/mol. The molecule has 372 valence electrons. The average Bonchev–Trinajstić information content (AvgIpc) is 3.28. The largest absolute Gasteiger partial charge is 0.462 e. The van der Waals surface area contributed by atoms with Crippen molar-refractivity contribution in [1.82, 2.24) is 5.32 Å². The van der Waals surface area contributed by atoms with E-state index in [-0.39, 0.29) is 24.9 Å². The van der Waals surface area contributed by atoms with Crippen LogP contribution in [0.5, 0.6) is 0 Å². The number of hydrogen-bond acceptors (Lipinski definition) is 5. The van der Waals surface area contributed by atoms with Gasteiger partial charge in [-0.3, -0.25) is 9.59 Å². The molecular formula is C57H109NO5. The van der Waals surface area contributed by atoms with Crippen LogP contribution in [0.25, 0.3) is 0 Å². The quantitative estimate of drug-likeness (QED) is 0.0321. The number of hydrogen-bond donors (Lipinski definition) is 3. The molecule has 0 bridgehead atoms. The van der Waals surface area contributed by atoms with Gasteiger partial charge in [0.25, 0.3) is 0 Å². The van der Waals surface area contributed by atoms with Gasteiger partial charge in [-0.1, -0.05) is 244 Å². The van der Waals surface area contributed by atoms with E-state index in [9.17, 15) is 19.8 Å². The molecule has 3 unspecified atom stereocenters. The van der Waals surface area contributed by atoms with Gasteiger partial charge in [0, 0.05) is 6.42 Å². The first-order valence-corrected chi connectivity index (χ1v) is 28.1. The molecule has 0 radical (unpaired) electrons. The molecule has 0 fully saturated rings. The van der Waals surface area contributed by atoms with Crippen molar-refractivity contribution in [3.63, 3.8) is 0 Å². The van der Waals surface area contributed by atoms with Crippen molar-refractivity contribution in [2.24, 2.45) is 0 Å². The van der Waals surface area contributed by atoms with Crippen molar-refractivity contribution in [1.29, 1.82) is 0 Å². The predicted molar refractivity (Wildman–Crippen MR) is 273 cm³/mol. The Balaban J connectivity index is 4.48. The molecule has 0 heterocycles. The van der Waals surface area contributed by atoms with Gasteiger partial charge < -0.3 is 20.3 Å². The zero-order valence-corrected chi connectivity index (χ0v) is 42.5. The lowest BCUT2D eigenvalue weighted by Crippen LogP contribution is -2.46. The number of carbonyl (C=O) groups excluding carboxylic acids is 2. The molecule has 6 heteroatoms. The molecule has 3 atom stereocenters.